The summed E-state index contributed by atoms with van der Waals surface area (Å²) in [6.07, 6.45) is 1.62. The van der Waals surface area contributed by atoms with Crippen molar-refractivity contribution in [2.75, 3.05) is 5.43 Å². The lowest BCUT2D eigenvalue weighted by Gasteiger charge is -2.08. The van der Waals surface area contributed by atoms with Gasteiger partial charge in [0.1, 0.15) is 11.4 Å². The molecule has 0 bridgehead atoms. The molecular weight excluding hydrogens is 266 g/mol. The summed E-state index contributed by atoms with van der Waals surface area (Å²) in [5.41, 5.74) is 3.56. The van der Waals surface area contributed by atoms with Gasteiger partial charge < -0.3 is 9.84 Å². The molecule has 1 aromatic heterocycles. The molecule has 0 amide bonds. The van der Waals surface area contributed by atoms with Crippen molar-refractivity contribution >= 4 is 23.1 Å². The quantitative estimate of drug-likeness (QED) is 0.479. The van der Waals surface area contributed by atoms with Crippen LogP contribution < -0.4 is 11.3 Å². The van der Waals surface area contributed by atoms with Gasteiger partial charge in [0.2, 0.25) is 0 Å². The number of hydrazine groups is 1. The maximum Gasteiger partial charge on any atom is 0.293 e. The number of nitro benzene ring substituents is 1. The number of hydrogen-bond acceptors (Lipinski definition) is 6. The van der Waals surface area contributed by atoms with Gasteiger partial charge in [-0.05, 0) is 17.7 Å². The number of nitrogens with one attached hydrogen (secondary N) is 1. The molecule has 7 heteroatoms. The minimum absolute atomic E-state index is 0.0152. The van der Waals surface area contributed by atoms with Gasteiger partial charge in [0.25, 0.3) is 5.69 Å². The summed E-state index contributed by atoms with van der Waals surface area (Å²) in [7, 11) is 0. The number of benzene rings is 1. The Morgan fingerprint density at radius 2 is 2.16 bits per heavy atom. The number of nitrogens with zero attached hydrogens (tertiary/aromatic N) is 1. The fraction of sp³-hybridized carbons (Fsp3) is 0.167. The Hall–Kier alpha value is -1.99. The highest BCUT2D eigenvalue weighted by atomic mass is 32.2. The van der Waals surface area contributed by atoms with Crippen molar-refractivity contribution < 1.29 is 9.34 Å². The molecule has 1 heterocycles. The Morgan fingerprint density at radius 1 is 1.32 bits per heavy atom. The van der Waals surface area contributed by atoms with E-state index in [1.807, 2.05) is 18.2 Å². The first-order valence-electron chi connectivity index (χ1n) is 5.55. The Morgan fingerprint density at radius 3 is 2.79 bits per heavy atom. The molecule has 0 aliphatic rings. The number of thioether (sulfide) groups is 1. The monoisotopic (exact) mass is 279 g/mol. The second-order valence-corrected chi connectivity index (χ2v) is 4.77. The van der Waals surface area contributed by atoms with Gasteiger partial charge in [-0.25, -0.2) is 0 Å². The van der Waals surface area contributed by atoms with Crippen LogP contribution in [0.2, 0.25) is 0 Å². The van der Waals surface area contributed by atoms with Crippen molar-refractivity contribution in [3.63, 3.8) is 0 Å². The Balaban J connectivity index is 2.07. The number of hydrogen-bond donors (Lipinski definition) is 2. The summed E-state index contributed by atoms with van der Waals surface area (Å²) >= 11 is 1.60. The fourth-order valence-electron chi connectivity index (χ4n) is 1.68. The SMILES string of the molecule is NNc1c(CSCc2ccco2)cccc1[N+](=O)[O-]. The lowest BCUT2D eigenvalue weighted by molar-refractivity contribution is -0.384. The van der Waals surface area contributed by atoms with E-state index in [9.17, 15) is 10.1 Å². The molecule has 2 rings (SSSR count). The summed E-state index contributed by atoms with van der Waals surface area (Å²) in [5, 5.41) is 10.9. The van der Waals surface area contributed by atoms with Crippen molar-refractivity contribution in [3.8, 4) is 0 Å². The van der Waals surface area contributed by atoms with Gasteiger partial charge in [-0.1, -0.05) is 12.1 Å². The zero-order valence-electron chi connectivity index (χ0n) is 10.0. The average Bonchev–Trinajstić information content (AvgIpc) is 2.91. The molecule has 0 aliphatic heterocycles. The van der Waals surface area contributed by atoms with E-state index in [2.05, 4.69) is 5.43 Å². The Bertz CT molecular complexity index is 557. The number of nitro groups is 1. The van der Waals surface area contributed by atoms with Crippen LogP contribution in [0.1, 0.15) is 11.3 Å². The van der Waals surface area contributed by atoms with E-state index in [0.717, 1.165) is 11.3 Å². The maximum absolute atomic E-state index is 10.9. The molecule has 0 unspecified atom stereocenters. The standard InChI is InChI=1S/C12H13N3O3S/c13-14-12-9(3-1-5-11(12)15(16)17)7-19-8-10-4-2-6-18-10/h1-6,14H,7-8,13H2. The van der Waals surface area contributed by atoms with Crippen molar-refractivity contribution in [1.29, 1.82) is 0 Å². The van der Waals surface area contributed by atoms with E-state index in [1.54, 1.807) is 24.1 Å². The third-order valence-corrected chi connectivity index (χ3v) is 3.56. The highest BCUT2D eigenvalue weighted by molar-refractivity contribution is 7.97. The van der Waals surface area contributed by atoms with E-state index in [4.69, 9.17) is 10.3 Å². The number of anilines is 1. The van der Waals surface area contributed by atoms with Gasteiger partial charge >= 0.3 is 0 Å². The van der Waals surface area contributed by atoms with Crippen LogP contribution in [0.15, 0.2) is 41.0 Å². The summed E-state index contributed by atoms with van der Waals surface area (Å²) < 4.78 is 5.22. The average molecular weight is 279 g/mol. The van der Waals surface area contributed by atoms with Crippen LogP contribution >= 0.6 is 11.8 Å². The molecule has 0 radical (unpaired) electrons. The van der Waals surface area contributed by atoms with Crippen molar-refractivity contribution in [2.45, 2.75) is 11.5 Å². The zero-order valence-corrected chi connectivity index (χ0v) is 10.9. The summed E-state index contributed by atoms with van der Waals surface area (Å²) in [6, 6.07) is 8.62. The Kier molecular flexibility index (Phi) is 4.43. The van der Waals surface area contributed by atoms with Gasteiger partial charge in [-0.15, -0.1) is 11.8 Å². The third kappa shape index (κ3) is 3.27. The van der Waals surface area contributed by atoms with Crippen molar-refractivity contribution in [1.82, 2.24) is 0 Å². The number of nitrogens with two attached hydrogens (primary N) is 1. The fourth-order valence-corrected chi connectivity index (χ4v) is 2.61. The van der Waals surface area contributed by atoms with E-state index in [0.29, 0.717) is 17.2 Å². The van der Waals surface area contributed by atoms with Gasteiger partial charge in [0.15, 0.2) is 0 Å². The molecular formula is C12H13N3O3S. The molecule has 2 aromatic rings. The minimum atomic E-state index is -0.449. The van der Waals surface area contributed by atoms with Crippen LogP contribution in [0, 0.1) is 10.1 Å². The first-order valence-corrected chi connectivity index (χ1v) is 6.71. The summed E-state index contributed by atoms with van der Waals surface area (Å²) in [5.74, 6) is 7.57. The Labute approximate surface area is 114 Å². The molecule has 0 aliphatic carbocycles. The summed E-state index contributed by atoms with van der Waals surface area (Å²) in [4.78, 5) is 10.4. The van der Waals surface area contributed by atoms with Crippen LogP contribution in [-0.2, 0) is 11.5 Å². The molecule has 0 spiro atoms. The van der Waals surface area contributed by atoms with E-state index in [1.165, 1.54) is 6.07 Å². The van der Waals surface area contributed by atoms with Crippen LogP contribution in [0.3, 0.4) is 0 Å². The molecule has 6 nitrogen and oxygen atoms in total. The number of nitrogen functional groups attached to an aromatic ring is 1. The largest absolute Gasteiger partial charge is 0.468 e. The zero-order chi connectivity index (χ0) is 13.7. The highest BCUT2D eigenvalue weighted by Gasteiger charge is 2.16. The molecule has 3 N–H and O–H groups in total. The van der Waals surface area contributed by atoms with Crippen LogP contribution in [0.5, 0.6) is 0 Å². The van der Waals surface area contributed by atoms with Gasteiger partial charge in [-0.2, -0.15) is 0 Å². The van der Waals surface area contributed by atoms with E-state index in [-0.39, 0.29) is 5.69 Å². The topological polar surface area (TPSA) is 94.3 Å². The van der Waals surface area contributed by atoms with Crippen LogP contribution in [0.4, 0.5) is 11.4 Å². The van der Waals surface area contributed by atoms with Crippen molar-refractivity contribution in [3.05, 3.63) is 58.0 Å². The van der Waals surface area contributed by atoms with Crippen LogP contribution in [-0.4, -0.2) is 4.92 Å². The van der Waals surface area contributed by atoms with Gasteiger partial charge in [0, 0.05) is 11.8 Å². The van der Waals surface area contributed by atoms with E-state index < -0.39 is 4.92 Å². The molecule has 1 aromatic carbocycles. The molecule has 19 heavy (non-hydrogen) atoms. The first-order chi connectivity index (χ1) is 9.22. The molecule has 0 atom stereocenters. The molecule has 100 valence electrons. The van der Waals surface area contributed by atoms with Gasteiger partial charge in [0.05, 0.1) is 16.9 Å². The predicted molar refractivity (Wildman–Crippen MR) is 74.6 cm³/mol. The third-order valence-electron chi connectivity index (χ3n) is 2.55. The summed E-state index contributed by atoms with van der Waals surface area (Å²) in [6.45, 7) is 0. The smallest absolute Gasteiger partial charge is 0.293 e. The van der Waals surface area contributed by atoms with E-state index >= 15 is 0 Å². The lowest BCUT2D eigenvalue weighted by atomic mass is 10.2. The first kappa shape index (κ1) is 13.4. The molecule has 0 saturated carbocycles. The molecule has 0 fully saturated rings. The van der Waals surface area contributed by atoms with Crippen LogP contribution in [0.25, 0.3) is 0 Å². The predicted octanol–water partition coefficient (Wildman–Crippen LogP) is 2.91. The van der Waals surface area contributed by atoms with Crippen molar-refractivity contribution in [2.24, 2.45) is 5.84 Å². The van der Waals surface area contributed by atoms with Gasteiger partial charge in [-0.3, -0.25) is 16.0 Å². The number of rotatable bonds is 6. The number of furan rings is 1. The molecule has 0 saturated heterocycles. The minimum Gasteiger partial charge on any atom is -0.468 e. The second kappa shape index (κ2) is 6.26. The normalized spacial score (nSPS) is 10.4. The highest BCUT2D eigenvalue weighted by Crippen LogP contribution is 2.30. The second-order valence-electron chi connectivity index (χ2n) is 3.78. The lowest BCUT2D eigenvalue weighted by Crippen LogP contribution is -2.11. The number of para-hydroxylation sites is 1. The maximum atomic E-state index is 10.9.